The summed E-state index contributed by atoms with van der Waals surface area (Å²) in [6.07, 6.45) is 0.945. The lowest BCUT2D eigenvalue weighted by molar-refractivity contribution is 0.317. The summed E-state index contributed by atoms with van der Waals surface area (Å²) < 4.78 is 18.3. The third-order valence-electron chi connectivity index (χ3n) is 2.80. The number of ether oxygens (including phenoxy) is 1. The summed E-state index contributed by atoms with van der Waals surface area (Å²) in [6, 6.07) is 12.0. The quantitative estimate of drug-likeness (QED) is 0.819. The van der Waals surface area contributed by atoms with Gasteiger partial charge in [0.1, 0.15) is 11.6 Å². The second kappa shape index (κ2) is 7.15. The second-order valence-corrected chi connectivity index (χ2v) is 4.88. The molecule has 0 radical (unpaired) electrons. The van der Waals surface area contributed by atoms with Crippen LogP contribution in [0.4, 0.5) is 10.1 Å². The Morgan fingerprint density at radius 3 is 2.55 bits per heavy atom. The van der Waals surface area contributed by atoms with Gasteiger partial charge in [0.2, 0.25) is 0 Å². The highest BCUT2D eigenvalue weighted by atomic mass is 35.5. The molecule has 106 valence electrons. The lowest BCUT2D eigenvalue weighted by atomic mass is 10.2. The molecule has 2 aromatic carbocycles. The Bertz CT molecular complexity index is 557. The second-order valence-electron chi connectivity index (χ2n) is 4.47. The monoisotopic (exact) mass is 293 g/mol. The first-order valence-corrected chi connectivity index (χ1v) is 6.97. The van der Waals surface area contributed by atoms with Crippen LogP contribution in [0.25, 0.3) is 0 Å². The predicted octanol–water partition coefficient (Wildman–Crippen LogP) is 4.88. The lowest BCUT2D eigenvalue weighted by Gasteiger charge is -2.10. The van der Waals surface area contributed by atoms with Crippen LogP contribution in [0.1, 0.15) is 18.9 Å². The van der Waals surface area contributed by atoms with Crippen LogP contribution < -0.4 is 10.1 Å². The van der Waals surface area contributed by atoms with Crippen molar-refractivity contribution in [1.29, 1.82) is 0 Å². The SMILES string of the molecule is CCCOc1ccc(NCc2ccc(F)cc2)cc1Cl. The number of benzene rings is 2. The maximum atomic E-state index is 12.8. The standard InChI is InChI=1S/C16H17ClFNO/c1-2-9-20-16-8-7-14(10-15(16)17)19-11-12-3-5-13(18)6-4-12/h3-8,10,19H,2,9,11H2,1H3. The van der Waals surface area contributed by atoms with E-state index in [-0.39, 0.29) is 5.82 Å². The van der Waals surface area contributed by atoms with Gasteiger partial charge in [-0.1, -0.05) is 30.7 Å². The van der Waals surface area contributed by atoms with Gasteiger partial charge in [-0.05, 0) is 42.3 Å². The van der Waals surface area contributed by atoms with Crippen molar-refractivity contribution in [2.75, 3.05) is 11.9 Å². The van der Waals surface area contributed by atoms with Gasteiger partial charge in [-0.3, -0.25) is 0 Å². The Labute approximate surface area is 123 Å². The van der Waals surface area contributed by atoms with E-state index in [4.69, 9.17) is 16.3 Å². The summed E-state index contributed by atoms with van der Waals surface area (Å²) in [7, 11) is 0. The van der Waals surface area contributed by atoms with Gasteiger partial charge in [-0.15, -0.1) is 0 Å². The van der Waals surface area contributed by atoms with Crippen LogP contribution in [0, 0.1) is 5.82 Å². The molecule has 20 heavy (non-hydrogen) atoms. The molecule has 0 heterocycles. The average Bonchev–Trinajstić information content (AvgIpc) is 2.46. The Morgan fingerprint density at radius 2 is 1.90 bits per heavy atom. The molecule has 0 aliphatic heterocycles. The molecule has 0 unspecified atom stereocenters. The van der Waals surface area contributed by atoms with Gasteiger partial charge in [-0.2, -0.15) is 0 Å². The summed E-state index contributed by atoms with van der Waals surface area (Å²) in [6.45, 7) is 3.32. The molecule has 0 bridgehead atoms. The van der Waals surface area contributed by atoms with Crippen LogP contribution >= 0.6 is 11.6 Å². The molecule has 2 aromatic rings. The summed E-state index contributed by atoms with van der Waals surface area (Å²) in [5.74, 6) is 0.468. The molecule has 0 fully saturated rings. The molecule has 2 rings (SSSR count). The topological polar surface area (TPSA) is 21.3 Å². The highest BCUT2D eigenvalue weighted by Crippen LogP contribution is 2.28. The van der Waals surface area contributed by atoms with E-state index < -0.39 is 0 Å². The summed E-state index contributed by atoms with van der Waals surface area (Å²) in [4.78, 5) is 0. The number of anilines is 1. The fourth-order valence-electron chi connectivity index (χ4n) is 1.75. The third kappa shape index (κ3) is 4.14. The Hall–Kier alpha value is -1.74. The minimum absolute atomic E-state index is 0.228. The van der Waals surface area contributed by atoms with E-state index in [0.717, 1.165) is 17.7 Å². The summed E-state index contributed by atoms with van der Waals surface area (Å²) in [5.41, 5.74) is 1.91. The predicted molar refractivity (Wildman–Crippen MR) is 81.0 cm³/mol. The summed E-state index contributed by atoms with van der Waals surface area (Å²) >= 11 is 6.15. The normalized spacial score (nSPS) is 10.3. The minimum atomic E-state index is -0.228. The van der Waals surface area contributed by atoms with Crippen molar-refractivity contribution in [1.82, 2.24) is 0 Å². The zero-order chi connectivity index (χ0) is 14.4. The highest BCUT2D eigenvalue weighted by molar-refractivity contribution is 6.32. The van der Waals surface area contributed by atoms with Gasteiger partial charge < -0.3 is 10.1 Å². The Balaban J connectivity index is 1.96. The maximum Gasteiger partial charge on any atom is 0.138 e. The van der Waals surface area contributed by atoms with Crippen molar-refractivity contribution < 1.29 is 9.13 Å². The van der Waals surface area contributed by atoms with Gasteiger partial charge >= 0.3 is 0 Å². The average molecular weight is 294 g/mol. The van der Waals surface area contributed by atoms with Gasteiger partial charge in [0.05, 0.1) is 11.6 Å². The van der Waals surface area contributed by atoms with Crippen molar-refractivity contribution in [2.45, 2.75) is 19.9 Å². The van der Waals surface area contributed by atoms with Crippen LogP contribution in [0.5, 0.6) is 5.75 Å². The smallest absolute Gasteiger partial charge is 0.138 e. The first kappa shape index (κ1) is 14.7. The lowest BCUT2D eigenvalue weighted by Crippen LogP contribution is -2.00. The van der Waals surface area contributed by atoms with E-state index in [2.05, 4.69) is 5.32 Å². The van der Waals surface area contributed by atoms with Gasteiger partial charge in [0, 0.05) is 12.2 Å². The zero-order valence-corrected chi connectivity index (χ0v) is 12.1. The molecule has 0 spiro atoms. The van der Waals surface area contributed by atoms with E-state index >= 15 is 0 Å². The fourth-order valence-corrected chi connectivity index (χ4v) is 1.98. The van der Waals surface area contributed by atoms with Gasteiger partial charge in [0.25, 0.3) is 0 Å². The Morgan fingerprint density at radius 1 is 1.15 bits per heavy atom. The van der Waals surface area contributed by atoms with Gasteiger partial charge in [0.15, 0.2) is 0 Å². The molecule has 0 aromatic heterocycles. The minimum Gasteiger partial charge on any atom is -0.492 e. The van der Waals surface area contributed by atoms with Crippen molar-refractivity contribution >= 4 is 17.3 Å². The van der Waals surface area contributed by atoms with E-state index in [9.17, 15) is 4.39 Å². The van der Waals surface area contributed by atoms with Crippen LogP contribution in [0.3, 0.4) is 0 Å². The van der Waals surface area contributed by atoms with Crippen molar-refractivity contribution in [3.05, 3.63) is 58.9 Å². The molecule has 0 atom stereocenters. The number of hydrogen-bond acceptors (Lipinski definition) is 2. The molecule has 4 heteroatoms. The molecule has 1 N–H and O–H groups in total. The molecule has 0 aliphatic carbocycles. The number of halogens is 2. The van der Waals surface area contributed by atoms with Gasteiger partial charge in [-0.25, -0.2) is 4.39 Å². The van der Waals surface area contributed by atoms with E-state index in [1.54, 1.807) is 12.1 Å². The molecule has 2 nitrogen and oxygen atoms in total. The molecule has 0 amide bonds. The fraction of sp³-hybridized carbons (Fsp3) is 0.250. The third-order valence-corrected chi connectivity index (χ3v) is 3.10. The molecule has 0 aliphatic rings. The van der Waals surface area contributed by atoms with E-state index in [1.165, 1.54) is 12.1 Å². The van der Waals surface area contributed by atoms with Crippen LogP contribution in [0.2, 0.25) is 5.02 Å². The van der Waals surface area contributed by atoms with Crippen molar-refractivity contribution in [3.63, 3.8) is 0 Å². The molecule has 0 saturated heterocycles. The zero-order valence-electron chi connectivity index (χ0n) is 11.3. The highest BCUT2D eigenvalue weighted by Gasteiger charge is 2.03. The molecule has 0 saturated carbocycles. The Kier molecular flexibility index (Phi) is 5.24. The number of nitrogens with one attached hydrogen (secondary N) is 1. The van der Waals surface area contributed by atoms with Crippen molar-refractivity contribution in [3.8, 4) is 5.75 Å². The molecular formula is C16H17ClFNO. The van der Waals surface area contributed by atoms with E-state index in [1.807, 2.05) is 25.1 Å². The number of hydrogen-bond donors (Lipinski definition) is 1. The van der Waals surface area contributed by atoms with Crippen LogP contribution in [0.15, 0.2) is 42.5 Å². The molecular weight excluding hydrogens is 277 g/mol. The first-order chi connectivity index (χ1) is 9.69. The number of rotatable bonds is 6. The van der Waals surface area contributed by atoms with Crippen LogP contribution in [-0.4, -0.2) is 6.61 Å². The summed E-state index contributed by atoms with van der Waals surface area (Å²) in [5, 5.41) is 3.83. The van der Waals surface area contributed by atoms with Crippen LogP contribution in [-0.2, 0) is 6.54 Å². The first-order valence-electron chi connectivity index (χ1n) is 6.59. The van der Waals surface area contributed by atoms with E-state index in [0.29, 0.717) is 23.9 Å². The largest absolute Gasteiger partial charge is 0.492 e. The maximum absolute atomic E-state index is 12.8. The van der Waals surface area contributed by atoms with Crippen molar-refractivity contribution in [2.24, 2.45) is 0 Å².